The van der Waals surface area contributed by atoms with Crippen molar-refractivity contribution < 1.29 is 31.8 Å². The lowest BCUT2D eigenvalue weighted by Gasteiger charge is -2.39. The molecule has 4 rings (SSSR count). The highest BCUT2D eigenvalue weighted by atomic mass is 19.3. The molecular formula is C27H30F4O3. The molecule has 34 heavy (non-hydrogen) atoms. The van der Waals surface area contributed by atoms with Crippen LogP contribution in [0.2, 0.25) is 0 Å². The monoisotopic (exact) mass is 478 g/mol. The van der Waals surface area contributed by atoms with Crippen molar-refractivity contribution in [2.24, 2.45) is 17.8 Å². The first-order valence-corrected chi connectivity index (χ1v) is 11.8. The molecule has 0 atom stereocenters. The molecule has 0 aromatic heterocycles. The van der Waals surface area contributed by atoms with E-state index in [-0.39, 0.29) is 18.0 Å². The van der Waals surface area contributed by atoms with Gasteiger partial charge in [-0.1, -0.05) is 18.2 Å². The molecule has 184 valence electrons. The van der Waals surface area contributed by atoms with Crippen LogP contribution in [-0.2, 0) is 9.47 Å². The quantitative estimate of drug-likeness (QED) is 0.293. The Balaban J connectivity index is 1.28. The van der Waals surface area contributed by atoms with Crippen molar-refractivity contribution in [3.63, 3.8) is 0 Å². The number of halogens is 4. The highest BCUT2D eigenvalue weighted by molar-refractivity contribution is 5.64. The molecule has 2 aliphatic rings. The van der Waals surface area contributed by atoms with Crippen LogP contribution in [-0.4, -0.2) is 25.6 Å². The second-order valence-electron chi connectivity index (χ2n) is 9.23. The Morgan fingerprint density at radius 1 is 0.912 bits per heavy atom. The van der Waals surface area contributed by atoms with Crippen LogP contribution in [0.5, 0.6) is 5.75 Å². The lowest BCUT2D eigenvalue weighted by atomic mass is 9.80. The lowest BCUT2D eigenvalue weighted by molar-refractivity contribution is -0.247. The summed E-state index contributed by atoms with van der Waals surface area (Å²) in [5, 5.41) is 0. The smallest absolute Gasteiger partial charge is 0.400 e. The van der Waals surface area contributed by atoms with Crippen molar-refractivity contribution in [1.82, 2.24) is 0 Å². The number of hydrogen-bond acceptors (Lipinski definition) is 3. The van der Waals surface area contributed by atoms with Crippen LogP contribution in [0.25, 0.3) is 11.1 Å². The maximum absolute atomic E-state index is 14.9. The lowest BCUT2D eigenvalue weighted by Crippen LogP contribution is -2.42. The molecule has 0 N–H and O–H groups in total. The summed E-state index contributed by atoms with van der Waals surface area (Å²) in [6.45, 7) is 5.00. The van der Waals surface area contributed by atoms with Crippen molar-refractivity contribution in [3.05, 3.63) is 66.8 Å². The van der Waals surface area contributed by atoms with E-state index in [1.54, 1.807) is 0 Å². The Labute approximate surface area is 197 Å². The van der Waals surface area contributed by atoms with E-state index in [1.165, 1.54) is 36.4 Å². The third kappa shape index (κ3) is 6.19. The van der Waals surface area contributed by atoms with E-state index >= 15 is 0 Å². The number of benzene rings is 2. The normalized spacial score (nSPS) is 25.6. The second kappa shape index (κ2) is 10.9. The van der Waals surface area contributed by atoms with Gasteiger partial charge in [0.15, 0.2) is 6.29 Å². The standard InChI is InChI=1S/C27H30F4O3/c1-2-3-4-18-16-32-26(33-17-18)20-5-9-22(10-6-20)27(30,31)34-25-11-7-19(8-12-25)21-13-23(28)15-24(29)14-21/h2,7-8,11-15,18,20,22,26H,1,3-6,9-10,16-17H2. The Morgan fingerprint density at radius 3 is 2.12 bits per heavy atom. The molecule has 0 radical (unpaired) electrons. The van der Waals surface area contributed by atoms with E-state index in [9.17, 15) is 17.6 Å². The molecule has 1 heterocycles. The molecule has 7 heteroatoms. The van der Waals surface area contributed by atoms with E-state index < -0.39 is 23.7 Å². The van der Waals surface area contributed by atoms with Gasteiger partial charge in [-0.3, -0.25) is 0 Å². The Kier molecular flexibility index (Phi) is 7.94. The summed E-state index contributed by atoms with van der Waals surface area (Å²) in [5.41, 5.74) is 0.835. The SMILES string of the molecule is C=CCCC1COC(C2CCC(C(F)(F)Oc3ccc(-c4cc(F)cc(F)c4)cc3)CC2)OC1. The van der Waals surface area contributed by atoms with Crippen LogP contribution in [0.1, 0.15) is 38.5 Å². The maximum atomic E-state index is 14.9. The predicted molar refractivity (Wildman–Crippen MR) is 121 cm³/mol. The molecule has 0 unspecified atom stereocenters. The maximum Gasteiger partial charge on any atom is 0.400 e. The highest BCUT2D eigenvalue weighted by Crippen LogP contribution is 2.42. The van der Waals surface area contributed by atoms with Gasteiger partial charge in [-0.2, -0.15) is 8.78 Å². The molecule has 0 amide bonds. The third-order valence-electron chi connectivity index (χ3n) is 6.71. The van der Waals surface area contributed by atoms with Crippen LogP contribution in [0.4, 0.5) is 17.6 Å². The van der Waals surface area contributed by atoms with Crippen molar-refractivity contribution >= 4 is 0 Å². The van der Waals surface area contributed by atoms with Crippen molar-refractivity contribution in [2.45, 2.75) is 50.9 Å². The fourth-order valence-corrected chi connectivity index (χ4v) is 4.75. The first-order valence-electron chi connectivity index (χ1n) is 11.8. The van der Waals surface area contributed by atoms with Gasteiger partial charge in [0.25, 0.3) is 0 Å². The molecule has 2 fully saturated rings. The van der Waals surface area contributed by atoms with Crippen LogP contribution in [0.3, 0.4) is 0 Å². The molecule has 0 bridgehead atoms. The number of ether oxygens (including phenoxy) is 3. The Morgan fingerprint density at radius 2 is 1.53 bits per heavy atom. The van der Waals surface area contributed by atoms with Gasteiger partial charge >= 0.3 is 6.11 Å². The first kappa shape index (κ1) is 24.7. The highest BCUT2D eigenvalue weighted by Gasteiger charge is 2.45. The van der Waals surface area contributed by atoms with Gasteiger partial charge in [0.05, 0.1) is 19.1 Å². The largest absolute Gasteiger partial charge is 0.432 e. The van der Waals surface area contributed by atoms with Gasteiger partial charge in [-0.15, -0.1) is 6.58 Å². The summed E-state index contributed by atoms with van der Waals surface area (Å²) >= 11 is 0. The summed E-state index contributed by atoms with van der Waals surface area (Å²) in [7, 11) is 0. The fraction of sp³-hybridized carbons (Fsp3) is 0.481. The molecule has 0 spiro atoms. The van der Waals surface area contributed by atoms with Crippen molar-refractivity contribution in [1.29, 1.82) is 0 Å². The van der Waals surface area contributed by atoms with Crippen molar-refractivity contribution in [2.75, 3.05) is 13.2 Å². The van der Waals surface area contributed by atoms with E-state index in [0.29, 0.717) is 55.9 Å². The second-order valence-corrected chi connectivity index (χ2v) is 9.23. The van der Waals surface area contributed by atoms with Crippen molar-refractivity contribution in [3.8, 4) is 16.9 Å². The fourth-order valence-electron chi connectivity index (χ4n) is 4.75. The van der Waals surface area contributed by atoms with Crippen LogP contribution in [0, 0.1) is 29.4 Å². The first-order chi connectivity index (χ1) is 16.3. The summed E-state index contributed by atoms with van der Waals surface area (Å²) in [6, 6.07) is 8.96. The van der Waals surface area contributed by atoms with Gasteiger partial charge in [-0.25, -0.2) is 8.78 Å². The minimum absolute atomic E-state index is 0.0114. The van der Waals surface area contributed by atoms with E-state index in [4.69, 9.17) is 14.2 Å². The molecule has 3 nitrogen and oxygen atoms in total. The predicted octanol–water partition coefficient (Wildman–Crippen LogP) is 7.37. The molecule has 1 saturated carbocycles. The van der Waals surface area contributed by atoms with E-state index in [1.807, 2.05) is 6.08 Å². The van der Waals surface area contributed by atoms with Gasteiger partial charge < -0.3 is 14.2 Å². The zero-order valence-corrected chi connectivity index (χ0v) is 19.0. The van der Waals surface area contributed by atoms with Crippen LogP contribution in [0.15, 0.2) is 55.1 Å². The molecule has 2 aromatic carbocycles. The zero-order chi connectivity index (χ0) is 24.1. The van der Waals surface area contributed by atoms with Gasteiger partial charge in [-0.05, 0) is 73.9 Å². The summed E-state index contributed by atoms with van der Waals surface area (Å²) < 4.78 is 73.5. The number of allylic oxidation sites excluding steroid dienone is 1. The average molecular weight is 479 g/mol. The molecule has 1 saturated heterocycles. The Bertz CT molecular complexity index is 927. The average Bonchev–Trinajstić information content (AvgIpc) is 2.83. The third-order valence-corrected chi connectivity index (χ3v) is 6.71. The topological polar surface area (TPSA) is 27.7 Å². The Hall–Kier alpha value is -2.38. The number of rotatable bonds is 8. The van der Waals surface area contributed by atoms with Gasteiger partial charge in [0.2, 0.25) is 0 Å². The minimum Gasteiger partial charge on any atom is -0.432 e. The summed E-state index contributed by atoms with van der Waals surface area (Å²) in [6.07, 6.45) is 1.97. The zero-order valence-electron chi connectivity index (χ0n) is 19.0. The van der Waals surface area contributed by atoms with Crippen LogP contribution >= 0.6 is 0 Å². The molecule has 1 aliphatic heterocycles. The minimum atomic E-state index is -3.32. The molecular weight excluding hydrogens is 448 g/mol. The van der Waals surface area contributed by atoms with E-state index in [2.05, 4.69) is 6.58 Å². The molecule has 1 aliphatic carbocycles. The van der Waals surface area contributed by atoms with E-state index in [0.717, 1.165) is 18.9 Å². The number of hydrogen-bond donors (Lipinski definition) is 0. The van der Waals surface area contributed by atoms with Gasteiger partial charge in [0.1, 0.15) is 17.4 Å². The summed E-state index contributed by atoms with van der Waals surface area (Å²) in [4.78, 5) is 0. The van der Waals surface area contributed by atoms with Gasteiger partial charge in [0, 0.05) is 17.9 Å². The number of alkyl halides is 2. The molecule has 2 aromatic rings. The van der Waals surface area contributed by atoms with Crippen LogP contribution < -0.4 is 4.74 Å². The summed E-state index contributed by atoms with van der Waals surface area (Å²) in [5.74, 6) is -1.82.